The zero-order valence-corrected chi connectivity index (χ0v) is 9.37. The first-order chi connectivity index (χ1) is 8.29. The third-order valence-corrected chi connectivity index (χ3v) is 1.94. The first-order valence-corrected chi connectivity index (χ1v) is 5.27. The van der Waals surface area contributed by atoms with Crippen molar-refractivity contribution in [3.63, 3.8) is 0 Å². The van der Waals surface area contributed by atoms with Crippen LogP contribution in [0.25, 0.3) is 0 Å². The molecule has 90 valence electrons. The first-order valence-electron chi connectivity index (χ1n) is 5.27. The van der Waals surface area contributed by atoms with Crippen molar-refractivity contribution in [1.82, 2.24) is 10.3 Å². The molecule has 4 nitrogen and oxygen atoms in total. The molecule has 17 heavy (non-hydrogen) atoms. The molecule has 1 aromatic rings. The molecule has 0 saturated carbocycles. The van der Waals surface area contributed by atoms with Crippen molar-refractivity contribution in [2.24, 2.45) is 5.73 Å². The van der Waals surface area contributed by atoms with Gasteiger partial charge in [-0.3, -0.25) is 9.18 Å². The van der Waals surface area contributed by atoms with Crippen molar-refractivity contribution < 1.29 is 9.18 Å². The van der Waals surface area contributed by atoms with E-state index >= 15 is 0 Å². The van der Waals surface area contributed by atoms with E-state index < -0.39 is 6.67 Å². The molecule has 0 aromatic carbocycles. The van der Waals surface area contributed by atoms with Gasteiger partial charge in [0.2, 0.25) is 0 Å². The fourth-order valence-corrected chi connectivity index (χ4v) is 1.19. The quantitative estimate of drug-likeness (QED) is 0.589. The summed E-state index contributed by atoms with van der Waals surface area (Å²) in [4.78, 5) is 15.7. The Morgan fingerprint density at radius 3 is 3.12 bits per heavy atom. The van der Waals surface area contributed by atoms with Crippen LogP contribution >= 0.6 is 0 Å². The van der Waals surface area contributed by atoms with Crippen LogP contribution in [-0.4, -0.2) is 30.7 Å². The van der Waals surface area contributed by atoms with Crippen LogP contribution in [0, 0.1) is 11.8 Å². The van der Waals surface area contributed by atoms with Crippen LogP contribution < -0.4 is 11.1 Å². The molecular weight excluding hydrogens is 221 g/mol. The maximum atomic E-state index is 11.9. The summed E-state index contributed by atoms with van der Waals surface area (Å²) in [5.41, 5.74) is 6.03. The number of nitrogens with two attached hydrogens (primary N) is 1. The summed E-state index contributed by atoms with van der Waals surface area (Å²) in [7, 11) is 0. The number of pyridine rings is 1. The summed E-state index contributed by atoms with van der Waals surface area (Å²) in [6.45, 7) is 0.0514. The van der Waals surface area contributed by atoms with E-state index in [9.17, 15) is 9.18 Å². The van der Waals surface area contributed by atoms with Crippen LogP contribution in [0.2, 0.25) is 0 Å². The van der Waals surface area contributed by atoms with Crippen LogP contribution in [0.4, 0.5) is 4.39 Å². The second-order valence-electron chi connectivity index (χ2n) is 3.20. The highest BCUT2D eigenvalue weighted by Crippen LogP contribution is 2.03. The molecule has 0 aliphatic heterocycles. The van der Waals surface area contributed by atoms with Gasteiger partial charge in [0.15, 0.2) is 0 Å². The number of hydrogen-bond donors (Lipinski definition) is 2. The lowest BCUT2D eigenvalue weighted by Crippen LogP contribution is -2.26. The average Bonchev–Trinajstić information content (AvgIpc) is 2.37. The molecule has 1 aromatic heterocycles. The fourth-order valence-electron chi connectivity index (χ4n) is 1.19. The van der Waals surface area contributed by atoms with E-state index in [2.05, 4.69) is 22.1 Å². The van der Waals surface area contributed by atoms with Crippen molar-refractivity contribution in [1.29, 1.82) is 0 Å². The fraction of sp³-hybridized carbons (Fsp3) is 0.333. The molecule has 0 atom stereocenters. The Balaban J connectivity index is 2.78. The second kappa shape index (κ2) is 7.36. The number of amides is 1. The number of nitrogens with one attached hydrogen (secondary N) is 1. The lowest BCUT2D eigenvalue weighted by Gasteiger charge is -2.04. The second-order valence-corrected chi connectivity index (χ2v) is 3.20. The predicted molar refractivity (Wildman–Crippen MR) is 63.1 cm³/mol. The van der Waals surface area contributed by atoms with E-state index in [0.717, 1.165) is 0 Å². The van der Waals surface area contributed by atoms with Crippen LogP contribution in [-0.2, 0) is 0 Å². The highest BCUT2D eigenvalue weighted by Gasteiger charge is 2.10. The molecule has 0 aliphatic carbocycles. The third-order valence-electron chi connectivity index (χ3n) is 1.94. The summed E-state index contributed by atoms with van der Waals surface area (Å²) in [5, 5.41) is 2.58. The van der Waals surface area contributed by atoms with Crippen molar-refractivity contribution in [2.45, 2.75) is 6.42 Å². The number of halogens is 1. The molecule has 3 N–H and O–H groups in total. The number of hydrogen-bond acceptors (Lipinski definition) is 3. The minimum atomic E-state index is -0.456. The van der Waals surface area contributed by atoms with E-state index in [4.69, 9.17) is 5.73 Å². The minimum absolute atomic E-state index is 0.220. The van der Waals surface area contributed by atoms with Crippen LogP contribution in [0.1, 0.15) is 22.5 Å². The van der Waals surface area contributed by atoms with Gasteiger partial charge in [-0.25, -0.2) is 4.98 Å². The summed E-state index contributed by atoms with van der Waals surface area (Å²) >= 11 is 0. The molecule has 0 fully saturated rings. The molecule has 0 radical (unpaired) electrons. The summed E-state index contributed by atoms with van der Waals surface area (Å²) in [6, 6.07) is 3.39. The van der Waals surface area contributed by atoms with E-state index in [1.807, 2.05) is 0 Å². The van der Waals surface area contributed by atoms with Crippen molar-refractivity contribution in [2.75, 3.05) is 19.8 Å². The third kappa shape index (κ3) is 4.21. The van der Waals surface area contributed by atoms with Crippen molar-refractivity contribution in [3.8, 4) is 11.8 Å². The Labute approximate surface area is 99.4 Å². The Morgan fingerprint density at radius 1 is 1.59 bits per heavy atom. The molecule has 0 aliphatic rings. The number of carbonyl (C=O) groups is 1. The number of aromatic nitrogens is 1. The van der Waals surface area contributed by atoms with E-state index in [1.165, 1.54) is 6.20 Å². The normalized spacial score (nSPS) is 9.29. The standard InChI is InChI=1S/C12H14FN3O/c13-6-3-9-16-12(17)11-10(4-1-7-14)5-2-8-15-11/h2,5,8H,3,6-7,9,14H2,(H,16,17). The molecule has 0 unspecified atom stereocenters. The smallest absolute Gasteiger partial charge is 0.271 e. The number of carbonyl (C=O) groups excluding carboxylic acids is 1. The Kier molecular flexibility index (Phi) is 5.69. The largest absolute Gasteiger partial charge is 0.351 e. The minimum Gasteiger partial charge on any atom is -0.351 e. The van der Waals surface area contributed by atoms with Gasteiger partial charge >= 0.3 is 0 Å². The van der Waals surface area contributed by atoms with Gasteiger partial charge in [0.05, 0.1) is 18.8 Å². The molecule has 1 heterocycles. The van der Waals surface area contributed by atoms with Gasteiger partial charge in [-0.2, -0.15) is 0 Å². The molecular formula is C12H14FN3O. The summed E-state index contributed by atoms with van der Waals surface area (Å²) < 4.78 is 11.9. The van der Waals surface area contributed by atoms with Gasteiger partial charge in [-0.05, 0) is 18.6 Å². The van der Waals surface area contributed by atoms with E-state index in [1.54, 1.807) is 12.1 Å². The van der Waals surface area contributed by atoms with Gasteiger partial charge in [0.25, 0.3) is 5.91 Å². The first kappa shape index (κ1) is 13.1. The van der Waals surface area contributed by atoms with Gasteiger partial charge in [-0.1, -0.05) is 11.8 Å². The lowest BCUT2D eigenvalue weighted by molar-refractivity contribution is 0.0947. The average molecular weight is 235 g/mol. The maximum Gasteiger partial charge on any atom is 0.271 e. The SMILES string of the molecule is NCC#Cc1cccnc1C(=O)NCCCF. The van der Waals surface area contributed by atoms with Gasteiger partial charge in [0, 0.05) is 12.7 Å². The van der Waals surface area contributed by atoms with Crippen molar-refractivity contribution in [3.05, 3.63) is 29.6 Å². The lowest BCUT2D eigenvalue weighted by atomic mass is 10.2. The van der Waals surface area contributed by atoms with Crippen LogP contribution in [0.15, 0.2) is 18.3 Å². The monoisotopic (exact) mass is 235 g/mol. The Bertz CT molecular complexity index is 437. The topological polar surface area (TPSA) is 68.0 Å². The zero-order chi connectivity index (χ0) is 12.5. The molecule has 0 spiro atoms. The predicted octanol–water partition coefficient (Wildman–Crippen LogP) is 0.481. The molecule has 0 bridgehead atoms. The van der Waals surface area contributed by atoms with Gasteiger partial charge in [0.1, 0.15) is 5.69 Å². The molecule has 0 saturated heterocycles. The summed E-state index contributed by atoms with van der Waals surface area (Å²) in [5.74, 6) is 5.09. The zero-order valence-electron chi connectivity index (χ0n) is 9.37. The van der Waals surface area contributed by atoms with Gasteiger partial charge in [-0.15, -0.1) is 0 Å². The molecule has 5 heteroatoms. The highest BCUT2D eigenvalue weighted by molar-refractivity contribution is 5.94. The summed E-state index contributed by atoms with van der Waals surface area (Å²) in [6.07, 6.45) is 1.81. The number of rotatable bonds is 4. The van der Waals surface area contributed by atoms with Crippen LogP contribution in [0.5, 0.6) is 0 Å². The van der Waals surface area contributed by atoms with Gasteiger partial charge < -0.3 is 11.1 Å². The van der Waals surface area contributed by atoms with E-state index in [0.29, 0.717) is 12.0 Å². The Hall–Kier alpha value is -1.93. The molecule has 1 rings (SSSR count). The maximum absolute atomic E-state index is 11.9. The number of alkyl halides is 1. The molecule has 1 amide bonds. The number of nitrogens with zero attached hydrogens (tertiary/aromatic N) is 1. The highest BCUT2D eigenvalue weighted by atomic mass is 19.1. The van der Waals surface area contributed by atoms with Crippen molar-refractivity contribution >= 4 is 5.91 Å². The van der Waals surface area contributed by atoms with E-state index in [-0.39, 0.29) is 24.7 Å². The Morgan fingerprint density at radius 2 is 2.41 bits per heavy atom. The van der Waals surface area contributed by atoms with Crippen LogP contribution in [0.3, 0.4) is 0 Å².